The van der Waals surface area contributed by atoms with Crippen molar-refractivity contribution < 1.29 is 18.1 Å². The molecule has 2 aromatic rings. The maximum absolute atomic E-state index is 13.3. The van der Waals surface area contributed by atoms with Gasteiger partial charge in [-0.3, -0.25) is 4.90 Å². The number of hydrogen-bond acceptors (Lipinski definition) is 4. The van der Waals surface area contributed by atoms with Gasteiger partial charge in [-0.05, 0) is 31.5 Å². The summed E-state index contributed by atoms with van der Waals surface area (Å²) in [5, 5.41) is 6.70. The van der Waals surface area contributed by atoms with Crippen LogP contribution >= 0.6 is 0 Å². The van der Waals surface area contributed by atoms with E-state index in [0.717, 1.165) is 36.7 Å². The van der Waals surface area contributed by atoms with Gasteiger partial charge in [0, 0.05) is 32.2 Å². The number of aryl methyl sites for hydroxylation is 1. The Hall–Kier alpha value is -2.48. The molecule has 1 aliphatic rings. The number of rotatable bonds is 4. The van der Waals surface area contributed by atoms with E-state index >= 15 is 0 Å². The smallest absolute Gasteiger partial charge is 0.317 e. The third kappa shape index (κ3) is 4.37. The lowest BCUT2D eigenvalue weighted by molar-refractivity contribution is 0.126. The molecular formula is C18H22F2N4O2. The molecule has 0 radical (unpaired) electrons. The third-order valence-electron chi connectivity index (χ3n) is 4.50. The van der Waals surface area contributed by atoms with Crippen LogP contribution in [0.5, 0.6) is 0 Å². The predicted octanol–water partition coefficient (Wildman–Crippen LogP) is 2.85. The monoisotopic (exact) mass is 364 g/mol. The van der Waals surface area contributed by atoms with E-state index in [1.807, 2.05) is 13.0 Å². The van der Waals surface area contributed by atoms with E-state index in [0.29, 0.717) is 25.2 Å². The van der Waals surface area contributed by atoms with Crippen LogP contribution in [0, 0.1) is 18.6 Å². The number of benzene rings is 1. The number of piperazine rings is 1. The highest BCUT2D eigenvalue weighted by Crippen LogP contribution is 2.17. The second-order valence-electron chi connectivity index (χ2n) is 6.54. The summed E-state index contributed by atoms with van der Waals surface area (Å²) in [5.41, 5.74) is 1.38. The van der Waals surface area contributed by atoms with Crippen LogP contribution in [0.1, 0.15) is 30.0 Å². The Labute approximate surface area is 150 Å². The molecule has 0 spiro atoms. The summed E-state index contributed by atoms with van der Waals surface area (Å²) in [6.45, 7) is 6.92. The van der Waals surface area contributed by atoms with Crippen molar-refractivity contribution in [3.8, 4) is 0 Å². The molecule has 0 bridgehead atoms. The van der Waals surface area contributed by atoms with Crippen LogP contribution in [-0.4, -0.2) is 47.2 Å². The molecule has 3 rings (SSSR count). The quantitative estimate of drug-likeness (QED) is 0.906. The molecule has 2 heterocycles. The number of amides is 2. The van der Waals surface area contributed by atoms with Crippen LogP contribution in [0.2, 0.25) is 0 Å². The molecule has 1 fully saturated rings. The third-order valence-corrected chi connectivity index (χ3v) is 4.50. The summed E-state index contributed by atoms with van der Waals surface area (Å²) < 4.78 is 31.6. The van der Waals surface area contributed by atoms with Gasteiger partial charge in [0.05, 0.1) is 18.3 Å². The van der Waals surface area contributed by atoms with Crippen molar-refractivity contribution in [3.05, 3.63) is 52.9 Å². The molecule has 8 heteroatoms. The van der Waals surface area contributed by atoms with Crippen molar-refractivity contribution in [2.45, 2.75) is 26.4 Å². The standard InChI is InChI=1S/C18H22F2N4O2/c1-12-9-15(26-22-12)11-23-5-7-24(8-6-23)18(25)21-13(2)14-3-4-16(19)17(20)10-14/h3-4,9-10,13H,5-8,11H2,1-2H3,(H,21,25). The molecule has 0 saturated carbocycles. The van der Waals surface area contributed by atoms with Gasteiger partial charge in [0.1, 0.15) is 0 Å². The molecular weight excluding hydrogens is 342 g/mol. The molecule has 1 aromatic heterocycles. The average molecular weight is 364 g/mol. The van der Waals surface area contributed by atoms with Crippen molar-refractivity contribution >= 4 is 6.03 Å². The van der Waals surface area contributed by atoms with Gasteiger partial charge < -0.3 is 14.7 Å². The fourth-order valence-corrected chi connectivity index (χ4v) is 2.96. The van der Waals surface area contributed by atoms with Gasteiger partial charge in [0.15, 0.2) is 17.4 Å². The summed E-state index contributed by atoms with van der Waals surface area (Å²) in [4.78, 5) is 16.3. The number of carbonyl (C=O) groups excluding carboxylic acids is 1. The Morgan fingerprint density at radius 3 is 2.58 bits per heavy atom. The zero-order valence-electron chi connectivity index (χ0n) is 14.8. The maximum atomic E-state index is 13.3. The van der Waals surface area contributed by atoms with E-state index < -0.39 is 17.7 Å². The minimum absolute atomic E-state index is 0.211. The number of nitrogens with zero attached hydrogens (tertiary/aromatic N) is 3. The second kappa shape index (κ2) is 7.82. The minimum Gasteiger partial charge on any atom is -0.360 e. The Morgan fingerprint density at radius 1 is 1.23 bits per heavy atom. The van der Waals surface area contributed by atoms with E-state index in [9.17, 15) is 13.6 Å². The van der Waals surface area contributed by atoms with Crippen molar-refractivity contribution in [1.82, 2.24) is 20.3 Å². The normalized spacial score (nSPS) is 16.5. The Morgan fingerprint density at radius 2 is 1.96 bits per heavy atom. The molecule has 1 unspecified atom stereocenters. The van der Waals surface area contributed by atoms with Crippen molar-refractivity contribution in [2.75, 3.05) is 26.2 Å². The Kier molecular flexibility index (Phi) is 5.51. The molecule has 1 N–H and O–H groups in total. The number of urea groups is 1. The molecule has 2 amide bonds. The van der Waals surface area contributed by atoms with E-state index in [1.54, 1.807) is 11.8 Å². The molecule has 0 aliphatic carbocycles. The first-order chi connectivity index (χ1) is 12.4. The molecule has 1 aliphatic heterocycles. The van der Waals surface area contributed by atoms with Gasteiger partial charge >= 0.3 is 6.03 Å². The van der Waals surface area contributed by atoms with Crippen LogP contribution in [0.25, 0.3) is 0 Å². The van der Waals surface area contributed by atoms with E-state index in [-0.39, 0.29) is 6.03 Å². The van der Waals surface area contributed by atoms with E-state index in [4.69, 9.17) is 4.52 Å². The van der Waals surface area contributed by atoms with Crippen LogP contribution in [-0.2, 0) is 6.54 Å². The highest BCUT2D eigenvalue weighted by atomic mass is 19.2. The van der Waals surface area contributed by atoms with Gasteiger partial charge in [-0.25, -0.2) is 13.6 Å². The van der Waals surface area contributed by atoms with Crippen LogP contribution < -0.4 is 5.32 Å². The highest BCUT2D eigenvalue weighted by Gasteiger charge is 2.23. The van der Waals surface area contributed by atoms with Gasteiger partial charge in [0.2, 0.25) is 0 Å². The zero-order chi connectivity index (χ0) is 18.7. The number of nitrogens with one attached hydrogen (secondary N) is 1. The van der Waals surface area contributed by atoms with Gasteiger partial charge in [-0.2, -0.15) is 0 Å². The number of hydrogen-bond donors (Lipinski definition) is 1. The lowest BCUT2D eigenvalue weighted by Gasteiger charge is -2.34. The first-order valence-corrected chi connectivity index (χ1v) is 8.57. The van der Waals surface area contributed by atoms with Crippen molar-refractivity contribution in [2.24, 2.45) is 0 Å². The van der Waals surface area contributed by atoms with Gasteiger partial charge in [-0.15, -0.1) is 0 Å². The second-order valence-corrected chi connectivity index (χ2v) is 6.54. The minimum atomic E-state index is -0.917. The van der Waals surface area contributed by atoms with Crippen LogP contribution in [0.3, 0.4) is 0 Å². The topological polar surface area (TPSA) is 61.6 Å². The molecule has 26 heavy (non-hydrogen) atoms. The highest BCUT2D eigenvalue weighted by molar-refractivity contribution is 5.74. The number of carbonyl (C=O) groups is 1. The summed E-state index contributed by atoms with van der Waals surface area (Å²) in [6.07, 6.45) is 0. The first kappa shape index (κ1) is 18.3. The van der Waals surface area contributed by atoms with Gasteiger partial charge in [-0.1, -0.05) is 11.2 Å². The molecule has 1 aromatic carbocycles. The molecule has 1 atom stereocenters. The lowest BCUT2D eigenvalue weighted by Crippen LogP contribution is -2.51. The van der Waals surface area contributed by atoms with Crippen molar-refractivity contribution in [1.29, 1.82) is 0 Å². The van der Waals surface area contributed by atoms with Crippen LogP contribution in [0.15, 0.2) is 28.8 Å². The molecule has 140 valence electrons. The predicted molar refractivity (Wildman–Crippen MR) is 91.4 cm³/mol. The summed E-state index contributed by atoms with van der Waals surface area (Å²) in [5.74, 6) is -1.00. The molecule has 6 nitrogen and oxygen atoms in total. The maximum Gasteiger partial charge on any atom is 0.317 e. The fourth-order valence-electron chi connectivity index (χ4n) is 2.96. The zero-order valence-corrected chi connectivity index (χ0v) is 14.8. The largest absolute Gasteiger partial charge is 0.360 e. The summed E-state index contributed by atoms with van der Waals surface area (Å²) >= 11 is 0. The summed E-state index contributed by atoms with van der Waals surface area (Å²) in [7, 11) is 0. The summed E-state index contributed by atoms with van der Waals surface area (Å²) in [6, 6.07) is 4.93. The number of halogens is 2. The average Bonchev–Trinajstić information content (AvgIpc) is 3.02. The van der Waals surface area contributed by atoms with Crippen LogP contribution in [0.4, 0.5) is 13.6 Å². The lowest BCUT2D eigenvalue weighted by atomic mass is 10.1. The fraction of sp³-hybridized carbons (Fsp3) is 0.444. The van der Waals surface area contributed by atoms with Gasteiger partial charge in [0.25, 0.3) is 0 Å². The van der Waals surface area contributed by atoms with E-state index in [2.05, 4.69) is 15.4 Å². The SMILES string of the molecule is Cc1cc(CN2CCN(C(=O)NC(C)c3ccc(F)c(F)c3)CC2)on1. The van der Waals surface area contributed by atoms with E-state index in [1.165, 1.54) is 6.07 Å². The Balaban J connectivity index is 1.49. The van der Waals surface area contributed by atoms with Crippen molar-refractivity contribution in [3.63, 3.8) is 0 Å². The first-order valence-electron chi connectivity index (χ1n) is 8.57. The Bertz CT molecular complexity index is 772. The number of aromatic nitrogens is 1. The molecule has 1 saturated heterocycles.